The number of piperazine rings is 1. The Hall–Kier alpha value is -2.45. The maximum absolute atomic E-state index is 12.8. The second-order valence-corrected chi connectivity index (χ2v) is 10.3. The minimum absolute atomic E-state index is 0.125. The van der Waals surface area contributed by atoms with E-state index >= 15 is 0 Å². The summed E-state index contributed by atoms with van der Waals surface area (Å²) in [5.41, 5.74) is -0.415. The number of halogens is 3. The van der Waals surface area contributed by atoms with Gasteiger partial charge in [0.05, 0.1) is 5.56 Å². The highest BCUT2D eigenvalue weighted by Gasteiger charge is 2.31. The van der Waals surface area contributed by atoms with Gasteiger partial charge in [-0.1, -0.05) is 0 Å². The summed E-state index contributed by atoms with van der Waals surface area (Å²) in [7, 11) is 0. The molecule has 1 aliphatic carbocycles. The minimum atomic E-state index is -4.34. The maximum Gasteiger partial charge on any atom is 0.416 e. The van der Waals surface area contributed by atoms with Gasteiger partial charge in [-0.05, 0) is 83.1 Å². The molecule has 190 valence electrons. The number of anilines is 1. The molecule has 1 aromatic rings. The molecule has 34 heavy (non-hydrogen) atoms. The van der Waals surface area contributed by atoms with Gasteiger partial charge in [0.1, 0.15) is 5.60 Å². The van der Waals surface area contributed by atoms with Crippen LogP contribution in [0.5, 0.6) is 0 Å². The van der Waals surface area contributed by atoms with Gasteiger partial charge in [0, 0.05) is 44.3 Å². The van der Waals surface area contributed by atoms with Crippen molar-refractivity contribution in [3.05, 3.63) is 29.8 Å². The average Bonchev–Trinajstić information content (AvgIpc) is 2.77. The molecular formula is C25H36F3N3O3. The van der Waals surface area contributed by atoms with Gasteiger partial charge in [-0.2, -0.15) is 13.2 Å². The van der Waals surface area contributed by atoms with Crippen LogP contribution in [0.4, 0.5) is 23.7 Å². The number of carbonyl (C=O) groups is 2. The molecule has 0 bridgehead atoms. The fraction of sp³-hybridized carbons (Fsp3) is 0.680. The summed E-state index contributed by atoms with van der Waals surface area (Å²) in [6, 6.07) is 5.32. The van der Waals surface area contributed by atoms with Crippen molar-refractivity contribution in [2.24, 2.45) is 5.92 Å². The largest absolute Gasteiger partial charge is 0.444 e. The molecule has 1 aliphatic heterocycles. The van der Waals surface area contributed by atoms with Crippen LogP contribution < -0.4 is 10.2 Å². The Kier molecular flexibility index (Phi) is 8.36. The van der Waals surface area contributed by atoms with Crippen LogP contribution in [0.1, 0.15) is 64.9 Å². The maximum atomic E-state index is 12.8. The van der Waals surface area contributed by atoms with Crippen LogP contribution in [0.15, 0.2) is 24.3 Å². The highest BCUT2D eigenvalue weighted by Crippen LogP contribution is 2.31. The molecule has 1 saturated carbocycles. The van der Waals surface area contributed by atoms with Crippen LogP contribution in [-0.4, -0.2) is 54.7 Å². The minimum Gasteiger partial charge on any atom is -0.444 e. The average molecular weight is 484 g/mol. The quantitative estimate of drug-likeness (QED) is 0.624. The molecule has 1 saturated heterocycles. The number of alkyl halides is 3. The number of amides is 2. The number of rotatable bonds is 5. The predicted octanol–water partition coefficient (Wildman–Crippen LogP) is 5.22. The lowest BCUT2D eigenvalue weighted by atomic mass is 9.83. The van der Waals surface area contributed by atoms with Crippen molar-refractivity contribution >= 4 is 17.7 Å². The number of ether oxygens (including phenoxy) is 1. The van der Waals surface area contributed by atoms with Crippen molar-refractivity contribution in [3.8, 4) is 0 Å². The second-order valence-electron chi connectivity index (χ2n) is 10.3. The lowest BCUT2D eigenvalue weighted by molar-refractivity contribution is -0.137. The lowest BCUT2D eigenvalue weighted by Crippen LogP contribution is -2.48. The Bertz CT molecular complexity index is 821. The molecule has 0 spiro atoms. The van der Waals surface area contributed by atoms with Crippen molar-refractivity contribution in [1.29, 1.82) is 0 Å². The van der Waals surface area contributed by atoms with E-state index in [4.69, 9.17) is 4.74 Å². The van der Waals surface area contributed by atoms with E-state index in [0.717, 1.165) is 49.9 Å². The third-order valence-corrected chi connectivity index (χ3v) is 6.53. The van der Waals surface area contributed by atoms with Gasteiger partial charge in [-0.3, -0.25) is 4.79 Å². The molecular weight excluding hydrogens is 447 g/mol. The van der Waals surface area contributed by atoms with Crippen molar-refractivity contribution in [2.75, 3.05) is 31.1 Å². The zero-order chi connectivity index (χ0) is 24.9. The fourth-order valence-electron chi connectivity index (χ4n) is 4.63. The molecule has 2 fully saturated rings. The Morgan fingerprint density at radius 1 is 0.971 bits per heavy atom. The number of alkyl carbamates (subject to hydrolysis) is 1. The monoisotopic (exact) mass is 483 g/mol. The fourth-order valence-corrected chi connectivity index (χ4v) is 4.63. The number of hydrogen-bond acceptors (Lipinski definition) is 4. The highest BCUT2D eigenvalue weighted by atomic mass is 19.4. The van der Waals surface area contributed by atoms with E-state index in [0.29, 0.717) is 38.5 Å². The second kappa shape index (κ2) is 10.9. The van der Waals surface area contributed by atoms with Crippen molar-refractivity contribution in [3.63, 3.8) is 0 Å². The molecule has 1 heterocycles. The van der Waals surface area contributed by atoms with Crippen LogP contribution >= 0.6 is 0 Å². The molecule has 1 N–H and O–H groups in total. The smallest absolute Gasteiger partial charge is 0.416 e. The van der Waals surface area contributed by atoms with Crippen LogP contribution in [0.2, 0.25) is 0 Å². The number of benzene rings is 1. The van der Waals surface area contributed by atoms with Gasteiger partial charge in [0.15, 0.2) is 0 Å². The summed E-state index contributed by atoms with van der Waals surface area (Å²) in [5, 5.41) is 2.94. The third-order valence-electron chi connectivity index (χ3n) is 6.53. The topological polar surface area (TPSA) is 61.9 Å². The molecule has 9 heteroatoms. The summed E-state index contributed by atoms with van der Waals surface area (Å²) in [5.74, 6) is 0.621. The molecule has 3 rings (SSSR count). The van der Waals surface area contributed by atoms with Crippen LogP contribution in [0.25, 0.3) is 0 Å². The van der Waals surface area contributed by atoms with E-state index < -0.39 is 17.3 Å². The molecule has 0 aromatic heterocycles. The molecule has 1 aromatic carbocycles. The van der Waals surface area contributed by atoms with Crippen LogP contribution in [0, 0.1) is 5.92 Å². The van der Waals surface area contributed by atoms with Gasteiger partial charge in [-0.15, -0.1) is 0 Å². The van der Waals surface area contributed by atoms with Gasteiger partial charge < -0.3 is 19.9 Å². The Morgan fingerprint density at radius 2 is 1.56 bits per heavy atom. The van der Waals surface area contributed by atoms with E-state index in [1.165, 1.54) is 12.1 Å². The number of nitrogens with zero attached hydrogens (tertiary/aromatic N) is 2. The van der Waals surface area contributed by atoms with E-state index in [1.54, 1.807) is 0 Å². The first-order chi connectivity index (χ1) is 15.9. The van der Waals surface area contributed by atoms with E-state index in [1.807, 2.05) is 30.6 Å². The molecule has 0 radical (unpaired) electrons. The lowest BCUT2D eigenvalue weighted by Gasteiger charge is -2.36. The van der Waals surface area contributed by atoms with Crippen molar-refractivity contribution in [2.45, 2.75) is 77.1 Å². The molecule has 2 amide bonds. The van der Waals surface area contributed by atoms with Crippen LogP contribution in [0.3, 0.4) is 0 Å². The zero-order valence-electron chi connectivity index (χ0n) is 20.3. The van der Waals surface area contributed by atoms with E-state index in [9.17, 15) is 22.8 Å². The van der Waals surface area contributed by atoms with Gasteiger partial charge in [-0.25, -0.2) is 4.79 Å². The number of hydrogen-bond donors (Lipinski definition) is 1. The summed E-state index contributed by atoms with van der Waals surface area (Å²) in [6.07, 6.45) is 0.393. The van der Waals surface area contributed by atoms with Gasteiger partial charge in [0.25, 0.3) is 0 Å². The first kappa shape index (κ1) is 26.2. The van der Waals surface area contributed by atoms with Crippen LogP contribution in [-0.2, 0) is 15.7 Å². The number of nitrogens with one attached hydrogen (secondary N) is 1. The third kappa shape index (κ3) is 7.81. The molecule has 0 atom stereocenters. The van der Waals surface area contributed by atoms with E-state index in [-0.39, 0.29) is 18.0 Å². The molecule has 2 aliphatic rings. The normalized spacial score (nSPS) is 21.8. The number of carbonyl (C=O) groups excluding carboxylic acids is 2. The van der Waals surface area contributed by atoms with Crippen molar-refractivity contribution < 1.29 is 27.5 Å². The van der Waals surface area contributed by atoms with Gasteiger partial charge >= 0.3 is 12.3 Å². The first-order valence-electron chi connectivity index (χ1n) is 12.1. The van der Waals surface area contributed by atoms with Crippen molar-refractivity contribution in [1.82, 2.24) is 10.2 Å². The Balaban J connectivity index is 1.35. The summed E-state index contributed by atoms with van der Waals surface area (Å²) >= 11 is 0. The standard InChI is InChI=1S/C25H36F3N3O3/c1-24(2,3)34-23(33)29-20-9-4-18(5-10-20)6-13-22(32)31-16-14-30(15-17-31)21-11-7-19(8-12-21)25(26,27)28/h7-8,11-12,18,20H,4-6,9-10,13-17H2,1-3H3,(H,29,33)/t18-,20-. The summed E-state index contributed by atoms with van der Waals surface area (Å²) < 4.78 is 43.6. The molecule has 0 unspecified atom stereocenters. The zero-order valence-corrected chi connectivity index (χ0v) is 20.3. The van der Waals surface area contributed by atoms with E-state index in [2.05, 4.69) is 5.32 Å². The Labute approximate surface area is 199 Å². The summed E-state index contributed by atoms with van der Waals surface area (Å²) in [6.45, 7) is 7.90. The highest BCUT2D eigenvalue weighted by molar-refractivity contribution is 5.76. The Morgan fingerprint density at radius 3 is 2.09 bits per heavy atom. The molecule has 6 nitrogen and oxygen atoms in total. The van der Waals surface area contributed by atoms with Gasteiger partial charge in [0.2, 0.25) is 5.91 Å². The predicted molar refractivity (Wildman–Crippen MR) is 125 cm³/mol. The SMILES string of the molecule is CC(C)(C)OC(=O)N[C@H]1CC[C@H](CCC(=O)N2CCN(c3ccc(C(F)(F)F)cc3)CC2)CC1. The first-order valence-corrected chi connectivity index (χ1v) is 12.1. The summed E-state index contributed by atoms with van der Waals surface area (Å²) in [4.78, 5) is 28.5.